The fraction of sp³-hybridized carbons (Fsp3) is 0.286. The van der Waals surface area contributed by atoms with Gasteiger partial charge in [0.05, 0.1) is 23.3 Å². The molecule has 1 unspecified atom stereocenters. The lowest BCUT2D eigenvalue weighted by Gasteiger charge is -2.23. The molecular formula is C21H24N4O2. The average Bonchev–Trinajstić information content (AvgIpc) is 2.64. The molecule has 0 aliphatic carbocycles. The predicted molar refractivity (Wildman–Crippen MR) is 107 cm³/mol. The van der Waals surface area contributed by atoms with Crippen LogP contribution in [0.1, 0.15) is 17.2 Å². The summed E-state index contributed by atoms with van der Waals surface area (Å²) in [5.74, 6) is -0.221. The molecule has 3 aromatic rings. The van der Waals surface area contributed by atoms with Crippen molar-refractivity contribution >= 4 is 16.8 Å². The van der Waals surface area contributed by atoms with Gasteiger partial charge in [-0.2, -0.15) is 0 Å². The number of aromatic nitrogens is 2. The van der Waals surface area contributed by atoms with Gasteiger partial charge in [-0.3, -0.25) is 14.2 Å². The summed E-state index contributed by atoms with van der Waals surface area (Å²) in [5.41, 5.74) is 2.44. The number of aryl methyl sites for hydroxylation is 1. The Labute approximate surface area is 158 Å². The molecule has 1 N–H and O–H groups in total. The van der Waals surface area contributed by atoms with Gasteiger partial charge in [-0.05, 0) is 38.2 Å². The minimum absolute atomic E-state index is 0.0630. The van der Waals surface area contributed by atoms with E-state index in [1.165, 1.54) is 10.9 Å². The summed E-state index contributed by atoms with van der Waals surface area (Å²) >= 11 is 0. The van der Waals surface area contributed by atoms with E-state index < -0.39 is 0 Å². The molecule has 0 aliphatic heterocycles. The van der Waals surface area contributed by atoms with E-state index in [0.717, 1.165) is 11.1 Å². The van der Waals surface area contributed by atoms with E-state index in [2.05, 4.69) is 10.3 Å². The molecule has 0 radical (unpaired) electrons. The van der Waals surface area contributed by atoms with Gasteiger partial charge < -0.3 is 10.2 Å². The van der Waals surface area contributed by atoms with Crippen LogP contribution in [0.4, 0.5) is 0 Å². The Kier molecular flexibility index (Phi) is 5.66. The minimum atomic E-state index is -0.221. The number of rotatable bonds is 6. The lowest BCUT2D eigenvalue weighted by molar-refractivity contribution is -0.122. The van der Waals surface area contributed by atoms with E-state index in [4.69, 9.17) is 0 Å². The maximum atomic E-state index is 12.7. The zero-order valence-electron chi connectivity index (χ0n) is 15.8. The Bertz CT molecular complexity index is 996. The van der Waals surface area contributed by atoms with Crippen LogP contribution in [0.25, 0.3) is 10.9 Å². The number of nitrogens with one attached hydrogen (secondary N) is 1. The van der Waals surface area contributed by atoms with Gasteiger partial charge in [0.1, 0.15) is 6.54 Å². The number of carbonyl (C=O) groups is 1. The number of benzene rings is 2. The Morgan fingerprint density at radius 1 is 1.15 bits per heavy atom. The molecule has 0 saturated heterocycles. The third-order valence-electron chi connectivity index (χ3n) is 4.45. The van der Waals surface area contributed by atoms with E-state index in [9.17, 15) is 9.59 Å². The second-order valence-corrected chi connectivity index (χ2v) is 6.94. The molecule has 140 valence electrons. The van der Waals surface area contributed by atoms with E-state index in [1.807, 2.05) is 68.4 Å². The predicted octanol–water partition coefficient (Wildman–Crippen LogP) is 2.12. The molecule has 0 fully saturated rings. The highest BCUT2D eigenvalue weighted by Crippen LogP contribution is 2.14. The van der Waals surface area contributed by atoms with Crippen LogP contribution in [-0.2, 0) is 11.3 Å². The van der Waals surface area contributed by atoms with Gasteiger partial charge in [-0.15, -0.1) is 0 Å². The molecule has 1 heterocycles. The summed E-state index contributed by atoms with van der Waals surface area (Å²) in [4.78, 5) is 31.7. The van der Waals surface area contributed by atoms with Crippen LogP contribution in [0.3, 0.4) is 0 Å². The highest BCUT2D eigenvalue weighted by atomic mass is 16.2. The smallest absolute Gasteiger partial charge is 0.261 e. The van der Waals surface area contributed by atoms with Gasteiger partial charge in [0.2, 0.25) is 5.91 Å². The van der Waals surface area contributed by atoms with Crippen molar-refractivity contribution in [3.05, 3.63) is 76.3 Å². The molecule has 1 aromatic heterocycles. The first kappa shape index (κ1) is 18.8. The fourth-order valence-electron chi connectivity index (χ4n) is 3.13. The zero-order chi connectivity index (χ0) is 19.4. The first-order chi connectivity index (χ1) is 13.0. The molecule has 1 atom stereocenters. The second kappa shape index (κ2) is 8.14. The Hall–Kier alpha value is -2.99. The van der Waals surface area contributed by atoms with Crippen LogP contribution in [0.5, 0.6) is 0 Å². The summed E-state index contributed by atoms with van der Waals surface area (Å²) < 4.78 is 1.36. The molecule has 0 aliphatic rings. The normalized spacial score (nSPS) is 12.3. The summed E-state index contributed by atoms with van der Waals surface area (Å²) in [6.45, 7) is 2.52. The molecule has 6 heteroatoms. The summed E-state index contributed by atoms with van der Waals surface area (Å²) in [7, 11) is 3.92. The van der Waals surface area contributed by atoms with Crippen molar-refractivity contribution in [1.29, 1.82) is 0 Å². The lowest BCUT2D eigenvalue weighted by atomic mass is 10.1. The summed E-state index contributed by atoms with van der Waals surface area (Å²) in [6.07, 6.45) is 1.45. The number of nitrogens with zero attached hydrogens (tertiary/aromatic N) is 3. The third kappa shape index (κ3) is 4.41. The Balaban J connectivity index is 1.81. The Morgan fingerprint density at radius 2 is 1.89 bits per heavy atom. The number of amides is 1. The zero-order valence-corrected chi connectivity index (χ0v) is 15.8. The number of hydrogen-bond acceptors (Lipinski definition) is 4. The van der Waals surface area contributed by atoms with Crippen molar-refractivity contribution < 1.29 is 4.79 Å². The lowest BCUT2D eigenvalue weighted by Crippen LogP contribution is -2.38. The summed E-state index contributed by atoms with van der Waals surface area (Å²) in [5, 5.41) is 3.56. The quantitative estimate of drug-likeness (QED) is 0.728. The standard InChI is InChI=1S/C21H24N4O2/c1-15-8-7-11-17-20(15)22-14-25(21(17)27)13-19(26)23-18(12-24(2)3)16-9-5-4-6-10-16/h4-11,14,18H,12-13H2,1-3H3,(H,23,26). The van der Waals surface area contributed by atoms with Gasteiger partial charge in [-0.1, -0.05) is 42.5 Å². The number of carbonyl (C=O) groups excluding carboxylic acids is 1. The number of para-hydroxylation sites is 1. The van der Waals surface area contributed by atoms with Gasteiger partial charge in [0.15, 0.2) is 0 Å². The van der Waals surface area contributed by atoms with E-state index in [-0.39, 0.29) is 24.1 Å². The van der Waals surface area contributed by atoms with Crippen LogP contribution >= 0.6 is 0 Å². The van der Waals surface area contributed by atoms with Crippen molar-refractivity contribution in [3.63, 3.8) is 0 Å². The fourth-order valence-corrected chi connectivity index (χ4v) is 3.13. The second-order valence-electron chi connectivity index (χ2n) is 6.94. The molecule has 3 rings (SSSR count). The highest BCUT2D eigenvalue weighted by Gasteiger charge is 2.16. The van der Waals surface area contributed by atoms with Crippen molar-refractivity contribution in [2.75, 3.05) is 20.6 Å². The van der Waals surface area contributed by atoms with E-state index >= 15 is 0 Å². The molecule has 6 nitrogen and oxygen atoms in total. The maximum Gasteiger partial charge on any atom is 0.261 e. The average molecular weight is 364 g/mol. The van der Waals surface area contributed by atoms with Crippen molar-refractivity contribution in [2.45, 2.75) is 19.5 Å². The van der Waals surface area contributed by atoms with Crippen LogP contribution in [0.15, 0.2) is 59.7 Å². The summed E-state index contributed by atoms with van der Waals surface area (Å²) in [6, 6.07) is 15.1. The van der Waals surface area contributed by atoms with Gasteiger partial charge in [0, 0.05) is 6.54 Å². The molecule has 0 bridgehead atoms. The largest absolute Gasteiger partial charge is 0.346 e. The number of likely N-dealkylation sites (N-methyl/N-ethyl adjacent to an activating group) is 1. The van der Waals surface area contributed by atoms with Crippen molar-refractivity contribution in [2.24, 2.45) is 0 Å². The van der Waals surface area contributed by atoms with Gasteiger partial charge in [0.25, 0.3) is 5.56 Å². The highest BCUT2D eigenvalue weighted by molar-refractivity contribution is 5.81. The van der Waals surface area contributed by atoms with Crippen molar-refractivity contribution in [3.8, 4) is 0 Å². The van der Waals surface area contributed by atoms with E-state index in [0.29, 0.717) is 17.4 Å². The topological polar surface area (TPSA) is 67.2 Å². The Morgan fingerprint density at radius 3 is 2.59 bits per heavy atom. The number of hydrogen-bond donors (Lipinski definition) is 1. The molecule has 0 saturated carbocycles. The van der Waals surface area contributed by atoms with Gasteiger partial charge >= 0.3 is 0 Å². The van der Waals surface area contributed by atoms with Crippen LogP contribution in [-0.4, -0.2) is 41.0 Å². The van der Waals surface area contributed by atoms with Crippen molar-refractivity contribution in [1.82, 2.24) is 19.8 Å². The molecular weight excluding hydrogens is 340 g/mol. The van der Waals surface area contributed by atoms with Crippen LogP contribution < -0.4 is 10.9 Å². The molecule has 1 amide bonds. The molecule has 27 heavy (non-hydrogen) atoms. The first-order valence-corrected chi connectivity index (χ1v) is 8.89. The van der Waals surface area contributed by atoms with E-state index in [1.54, 1.807) is 6.07 Å². The van der Waals surface area contributed by atoms with Gasteiger partial charge in [-0.25, -0.2) is 4.98 Å². The van der Waals surface area contributed by atoms with Crippen LogP contribution in [0.2, 0.25) is 0 Å². The number of fused-ring (bicyclic) bond motifs is 1. The minimum Gasteiger partial charge on any atom is -0.346 e. The maximum absolute atomic E-state index is 12.7. The van der Waals surface area contributed by atoms with Crippen LogP contribution in [0, 0.1) is 6.92 Å². The SMILES string of the molecule is Cc1cccc2c(=O)n(CC(=O)NC(CN(C)C)c3ccccc3)cnc12. The first-order valence-electron chi connectivity index (χ1n) is 8.89. The molecule has 2 aromatic carbocycles. The third-order valence-corrected chi connectivity index (χ3v) is 4.45. The molecule has 0 spiro atoms. The monoisotopic (exact) mass is 364 g/mol.